The number of benzene rings is 1. The quantitative estimate of drug-likeness (QED) is 0.214. The molecular formula is C23H27F2N5O3S. The monoisotopic (exact) mass is 491 g/mol. The molecule has 11 heteroatoms. The zero-order valence-electron chi connectivity index (χ0n) is 19.2. The third-order valence-electron chi connectivity index (χ3n) is 4.32. The van der Waals surface area contributed by atoms with Gasteiger partial charge in [-0.25, -0.2) is 23.7 Å². The highest BCUT2D eigenvalue weighted by atomic mass is 32.2. The maximum Gasteiger partial charge on any atom is 0.275 e. The van der Waals surface area contributed by atoms with Crippen LogP contribution < -0.4 is 15.8 Å². The van der Waals surface area contributed by atoms with Crippen molar-refractivity contribution in [1.29, 1.82) is 0 Å². The summed E-state index contributed by atoms with van der Waals surface area (Å²) in [7, 11) is 0. The molecule has 0 spiro atoms. The lowest BCUT2D eigenvalue weighted by Crippen LogP contribution is -2.34. The van der Waals surface area contributed by atoms with Gasteiger partial charge in [0, 0.05) is 10.4 Å². The maximum atomic E-state index is 14.7. The topological polar surface area (TPSA) is 112 Å². The molecule has 1 heterocycles. The van der Waals surface area contributed by atoms with Crippen molar-refractivity contribution < 1.29 is 23.0 Å². The predicted octanol–water partition coefficient (Wildman–Crippen LogP) is 3.58. The van der Waals surface area contributed by atoms with Crippen LogP contribution in [0.5, 0.6) is 5.88 Å². The highest BCUT2D eigenvalue weighted by molar-refractivity contribution is 8.15. The Kier molecular flexibility index (Phi) is 10.2. The van der Waals surface area contributed by atoms with Crippen molar-refractivity contribution in [1.82, 2.24) is 9.97 Å². The van der Waals surface area contributed by atoms with Crippen molar-refractivity contribution in [3.05, 3.63) is 47.7 Å². The number of nitrogens with two attached hydrogens (primary N) is 1. The van der Waals surface area contributed by atoms with Crippen molar-refractivity contribution >= 4 is 28.5 Å². The number of aliphatic imine (C=N–C) groups is 1. The molecule has 0 saturated carbocycles. The number of carbonyl (C=O) groups excluding carboxylic acids is 1. The number of halogens is 2. The van der Waals surface area contributed by atoms with E-state index in [0.717, 1.165) is 11.8 Å². The van der Waals surface area contributed by atoms with Crippen LogP contribution in [0, 0.1) is 18.2 Å². The number of rotatable bonds is 11. The smallest absolute Gasteiger partial charge is 0.275 e. The van der Waals surface area contributed by atoms with E-state index in [1.54, 1.807) is 0 Å². The lowest BCUT2D eigenvalue weighted by atomic mass is 9.99. The van der Waals surface area contributed by atoms with Gasteiger partial charge in [-0.2, -0.15) is 0 Å². The molecule has 2 aromatic rings. The lowest BCUT2D eigenvalue weighted by molar-refractivity contribution is 0.0640. The minimum atomic E-state index is -0.949. The largest absolute Gasteiger partial charge is 0.463 e. The van der Waals surface area contributed by atoms with Gasteiger partial charge in [0.05, 0.1) is 25.1 Å². The molecule has 0 bridgehead atoms. The van der Waals surface area contributed by atoms with Crippen LogP contribution in [0.2, 0.25) is 0 Å². The Morgan fingerprint density at radius 2 is 2.15 bits per heavy atom. The van der Waals surface area contributed by atoms with Gasteiger partial charge in [0.25, 0.3) is 5.91 Å². The van der Waals surface area contributed by atoms with E-state index >= 15 is 0 Å². The molecule has 0 aliphatic heterocycles. The molecule has 1 amide bonds. The van der Waals surface area contributed by atoms with E-state index < -0.39 is 23.3 Å². The average Bonchev–Trinajstić information content (AvgIpc) is 2.79. The Balaban J connectivity index is 2.19. The van der Waals surface area contributed by atoms with Crippen LogP contribution in [0.15, 0.2) is 35.6 Å². The number of terminal acetylenes is 1. The summed E-state index contributed by atoms with van der Waals surface area (Å²) in [5.41, 5.74) is 6.52. The van der Waals surface area contributed by atoms with Gasteiger partial charge in [0.15, 0.2) is 18.6 Å². The van der Waals surface area contributed by atoms with Crippen LogP contribution in [-0.2, 0) is 11.2 Å². The summed E-state index contributed by atoms with van der Waals surface area (Å²) in [5.74, 6) is 1.49. The molecule has 0 saturated heterocycles. The second kappa shape index (κ2) is 12.9. The number of amides is 1. The minimum absolute atomic E-state index is 0.0310. The molecule has 0 aliphatic rings. The summed E-state index contributed by atoms with van der Waals surface area (Å²) in [6, 6.07) is 4.20. The van der Waals surface area contributed by atoms with Crippen LogP contribution in [-0.4, -0.2) is 51.9 Å². The van der Waals surface area contributed by atoms with E-state index in [9.17, 15) is 13.6 Å². The van der Waals surface area contributed by atoms with Crippen molar-refractivity contribution in [2.24, 2.45) is 10.7 Å². The predicted molar refractivity (Wildman–Crippen MR) is 129 cm³/mol. The first-order valence-electron chi connectivity index (χ1n) is 10.3. The Bertz CT molecular complexity index is 1040. The van der Waals surface area contributed by atoms with E-state index in [0.29, 0.717) is 11.3 Å². The van der Waals surface area contributed by atoms with Gasteiger partial charge in [-0.05, 0) is 51.0 Å². The summed E-state index contributed by atoms with van der Waals surface area (Å²) in [5, 5.41) is 2.71. The summed E-state index contributed by atoms with van der Waals surface area (Å²) >= 11 is 1.11. The third-order valence-corrected chi connectivity index (χ3v) is 5.41. The van der Waals surface area contributed by atoms with Crippen LogP contribution in [0.25, 0.3) is 0 Å². The molecule has 1 aromatic carbocycles. The molecule has 8 nitrogen and oxygen atoms in total. The normalized spacial score (nSPS) is 13.3. The number of alkyl halides is 1. The lowest BCUT2D eigenvalue weighted by Gasteiger charge is -2.29. The number of anilines is 1. The van der Waals surface area contributed by atoms with E-state index in [1.807, 2.05) is 20.8 Å². The Morgan fingerprint density at radius 1 is 1.38 bits per heavy atom. The third kappa shape index (κ3) is 8.61. The number of hydrogen-bond acceptors (Lipinski definition) is 7. The first-order chi connectivity index (χ1) is 16.2. The molecule has 3 N–H and O–H groups in total. The Hall–Kier alpha value is -3.23. The molecule has 0 radical (unpaired) electrons. The highest BCUT2D eigenvalue weighted by Gasteiger charge is 2.30. The second-order valence-corrected chi connectivity index (χ2v) is 9.31. The second-order valence-electron chi connectivity index (χ2n) is 7.70. The van der Waals surface area contributed by atoms with E-state index in [2.05, 4.69) is 26.2 Å². The van der Waals surface area contributed by atoms with Crippen LogP contribution >= 0.6 is 11.8 Å². The molecule has 2 rings (SSSR count). The van der Waals surface area contributed by atoms with Crippen molar-refractivity contribution in [3.8, 4) is 18.2 Å². The number of thioether (sulfide) groups is 1. The van der Waals surface area contributed by atoms with Gasteiger partial charge in [-0.3, -0.25) is 4.79 Å². The fraction of sp³-hybridized carbons (Fsp3) is 0.391. The molecule has 0 unspecified atom stereocenters. The van der Waals surface area contributed by atoms with Crippen LogP contribution in [0.1, 0.15) is 36.8 Å². The Morgan fingerprint density at radius 3 is 2.76 bits per heavy atom. The fourth-order valence-electron chi connectivity index (χ4n) is 2.81. The SMILES string of the molecule is C#CCOc1cnc(C(=O)Nc2ccc(F)c(C[C@](C)(COC(C)C)S/C(N)=N\CF)c2)cn1. The standard InChI is InChI=1S/C23H27F2N5O3S/c1-5-8-32-20-12-27-19(11-28-20)21(31)30-17-6-7-18(25)16(9-17)10-23(4,13-33-15(2)3)34-22(26)29-14-24/h1,6-7,9,11-12,15H,8,10,13-14H2,2-4H3,(H2,26,29)(H,30,31)/t23-/m1/s1. The summed E-state index contributed by atoms with van der Waals surface area (Å²) in [6.07, 6.45) is 7.76. The molecule has 182 valence electrons. The fourth-order valence-corrected chi connectivity index (χ4v) is 3.79. The van der Waals surface area contributed by atoms with Gasteiger partial charge in [0.1, 0.15) is 11.5 Å². The van der Waals surface area contributed by atoms with Crippen molar-refractivity contribution in [2.45, 2.75) is 38.0 Å². The number of nitrogens with one attached hydrogen (secondary N) is 1. The molecule has 0 fully saturated rings. The summed E-state index contributed by atoms with van der Waals surface area (Å²) in [4.78, 5) is 24.1. The molecular weight excluding hydrogens is 464 g/mol. The minimum Gasteiger partial charge on any atom is -0.463 e. The summed E-state index contributed by atoms with van der Waals surface area (Å²) in [6.45, 7) is 4.87. The van der Waals surface area contributed by atoms with Crippen LogP contribution in [0.4, 0.5) is 14.5 Å². The molecule has 1 aromatic heterocycles. The number of hydrogen-bond donors (Lipinski definition) is 2. The zero-order chi connectivity index (χ0) is 25.1. The average molecular weight is 492 g/mol. The van der Waals surface area contributed by atoms with Gasteiger partial charge < -0.3 is 20.5 Å². The van der Waals surface area contributed by atoms with E-state index in [1.165, 1.54) is 30.6 Å². The molecule has 34 heavy (non-hydrogen) atoms. The molecule has 0 aliphatic carbocycles. The van der Waals surface area contributed by atoms with Gasteiger partial charge in [-0.15, -0.1) is 6.42 Å². The van der Waals surface area contributed by atoms with Gasteiger partial charge in [-0.1, -0.05) is 17.7 Å². The van der Waals surface area contributed by atoms with E-state index in [4.69, 9.17) is 21.6 Å². The first-order valence-corrected chi connectivity index (χ1v) is 11.1. The maximum absolute atomic E-state index is 14.7. The van der Waals surface area contributed by atoms with Crippen LogP contribution in [0.3, 0.4) is 0 Å². The van der Waals surface area contributed by atoms with E-state index in [-0.39, 0.29) is 42.5 Å². The zero-order valence-corrected chi connectivity index (χ0v) is 20.0. The highest BCUT2D eigenvalue weighted by Crippen LogP contribution is 2.32. The van der Waals surface area contributed by atoms with Crippen molar-refractivity contribution in [3.63, 3.8) is 0 Å². The van der Waals surface area contributed by atoms with Crippen molar-refractivity contribution in [2.75, 3.05) is 25.3 Å². The number of carbonyl (C=O) groups is 1. The number of nitrogens with zero attached hydrogens (tertiary/aromatic N) is 3. The van der Waals surface area contributed by atoms with Gasteiger partial charge >= 0.3 is 0 Å². The number of aromatic nitrogens is 2. The number of ether oxygens (including phenoxy) is 2. The summed E-state index contributed by atoms with van der Waals surface area (Å²) < 4.78 is 37.4. The first kappa shape index (κ1) is 27.0. The molecule has 1 atom stereocenters. The Labute approximate surface area is 201 Å². The van der Waals surface area contributed by atoms with Gasteiger partial charge in [0.2, 0.25) is 5.88 Å². The number of amidine groups is 1.